The van der Waals surface area contributed by atoms with E-state index in [0.29, 0.717) is 16.9 Å². The molecule has 0 spiro atoms. The van der Waals surface area contributed by atoms with Crippen molar-refractivity contribution in [2.45, 2.75) is 58.3 Å². The Morgan fingerprint density at radius 1 is 1.27 bits per heavy atom. The summed E-state index contributed by atoms with van der Waals surface area (Å²) in [5.74, 6) is 0.186. The number of carbonyl (C=O) groups is 1. The molecule has 0 aromatic heterocycles. The van der Waals surface area contributed by atoms with Crippen LogP contribution in [0.15, 0.2) is 18.2 Å². The number of halogens is 1. The van der Waals surface area contributed by atoms with Gasteiger partial charge in [0.25, 0.3) is 0 Å². The van der Waals surface area contributed by atoms with Gasteiger partial charge in [-0.1, -0.05) is 67.9 Å². The van der Waals surface area contributed by atoms with Gasteiger partial charge in [0.2, 0.25) is 0 Å². The van der Waals surface area contributed by atoms with E-state index in [0.717, 1.165) is 5.69 Å². The quantitative estimate of drug-likeness (QED) is 0.248. The van der Waals surface area contributed by atoms with Crippen LogP contribution < -0.4 is 5.32 Å². The SMILES string of the molecule is CCCCCCCC(C)c1ccc(C(=O)OC)cc1NCBr. The summed E-state index contributed by atoms with van der Waals surface area (Å²) in [6.45, 7) is 4.50. The van der Waals surface area contributed by atoms with Crippen molar-refractivity contribution in [1.82, 2.24) is 0 Å². The molecule has 1 aromatic carbocycles. The molecule has 1 atom stereocenters. The molecule has 124 valence electrons. The molecule has 1 aromatic rings. The van der Waals surface area contributed by atoms with Crippen LogP contribution >= 0.6 is 15.9 Å². The van der Waals surface area contributed by atoms with Gasteiger partial charge in [0, 0.05) is 5.69 Å². The van der Waals surface area contributed by atoms with Crippen molar-refractivity contribution in [3.63, 3.8) is 0 Å². The third-order valence-corrected chi connectivity index (χ3v) is 4.28. The first-order chi connectivity index (χ1) is 10.6. The first-order valence-corrected chi connectivity index (χ1v) is 9.28. The lowest BCUT2D eigenvalue weighted by atomic mass is 9.92. The molecule has 0 radical (unpaired) electrons. The number of benzene rings is 1. The second-order valence-electron chi connectivity index (χ2n) is 5.71. The predicted octanol–water partition coefficient (Wildman–Crippen LogP) is 5.70. The number of hydrogen-bond acceptors (Lipinski definition) is 3. The summed E-state index contributed by atoms with van der Waals surface area (Å²) in [5.41, 5.74) is 3.53. The number of nitrogens with one attached hydrogen (secondary N) is 1. The number of anilines is 1. The maximum Gasteiger partial charge on any atom is 0.337 e. The zero-order chi connectivity index (χ0) is 16.4. The van der Waals surface area contributed by atoms with Crippen molar-refractivity contribution < 1.29 is 9.53 Å². The minimum Gasteiger partial charge on any atom is -0.465 e. The Bertz CT molecular complexity index is 462. The van der Waals surface area contributed by atoms with E-state index in [2.05, 4.69) is 35.1 Å². The molecule has 1 rings (SSSR count). The van der Waals surface area contributed by atoms with Gasteiger partial charge in [-0.15, -0.1) is 0 Å². The number of esters is 1. The largest absolute Gasteiger partial charge is 0.465 e. The number of ether oxygens (including phenoxy) is 1. The van der Waals surface area contributed by atoms with E-state index in [4.69, 9.17) is 4.74 Å². The van der Waals surface area contributed by atoms with Crippen LogP contribution in [0.5, 0.6) is 0 Å². The molecule has 0 aliphatic rings. The van der Waals surface area contributed by atoms with Gasteiger partial charge >= 0.3 is 5.97 Å². The highest BCUT2D eigenvalue weighted by atomic mass is 79.9. The summed E-state index contributed by atoms with van der Waals surface area (Å²) in [4.78, 5) is 11.7. The van der Waals surface area contributed by atoms with Gasteiger partial charge < -0.3 is 10.1 Å². The van der Waals surface area contributed by atoms with E-state index >= 15 is 0 Å². The molecule has 0 heterocycles. The summed E-state index contributed by atoms with van der Waals surface area (Å²) in [6.07, 6.45) is 7.69. The van der Waals surface area contributed by atoms with E-state index in [1.54, 1.807) is 0 Å². The zero-order valence-electron chi connectivity index (χ0n) is 14.0. The van der Waals surface area contributed by atoms with Crippen LogP contribution in [0.2, 0.25) is 0 Å². The van der Waals surface area contributed by atoms with Crippen molar-refractivity contribution in [2.24, 2.45) is 0 Å². The summed E-state index contributed by atoms with van der Waals surface area (Å²) < 4.78 is 4.79. The van der Waals surface area contributed by atoms with Crippen LogP contribution in [0.1, 0.15) is 74.2 Å². The normalized spacial score (nSPS) is 12.0. The molecule has 0 fully saturated rings. The number of carbonyl (C=O) groups excluding carboxylic acids is 1. The van der Waals surface area contributed by atoms with E-state index in [-0.39, 0.29) is 5.97 Å². The fourth-order valence-corrected chi connectivity index (χ4v) is 2.97. The molecule has 4 heteroatoms. The van der Waals surface area contributed by atoms with E-state index in [9.17, 15) is 4.79 Å². The van der Waals surface area contributed by atoms with Crippen molar-refractivity contribution >= 4 is 27.6 Å². The Morgan fingerprint density at radius 3 is 2.64 bits per heavy atom. The first-order valence-electron chi connectivity index (χ1n) is 8.16. The van der Waals surface area contributed by atoms with Crippen LogP contribution in [0.4, 0.5) is 5.69 Å². The number of alkyl halides is 1. The Balaban J connectivity index is 2.72. The number of methoxy groups -OCH3 is 1. The minimum atomic E-state index is -0.295. The zero-order valence-corrected chi connectivity index (χ0v) is 15.5. The van der Waals surface area contributed by atoms with Crippen LogP contribution in [0.3, 0.4) is 0 Å². The number of unbranched alkanes of at least 4 members (excludes halogenated alkanes) is 4. The van der Waals surface area contributed by atoms with Gasteiger partial charge in [-0.2, -0.15) is 0 Å². The molecule has 0 saturated carbocycles. The first kappa shape index (κ1) is 19.0. The average Bonchev–Trinajstić information content (AvgIpc) is 2.54. The van der Waals surface area contributed by atoms with Crippen LogP contribution in [0, 0.1) is 0 Å². The standard InChI is InChI=1S/C18H28BrNO2/c1-4-5-6-7-8-9-14(2)16-11-10-15(18(21)22-3)12-17(16)20-13-19/h10-12,14,20H,4-9,13H2,1-3H3. The second-order valence-corrected chi connectivity index (χ2v) is 6.27. The number of hydrogen-bond donors (Lipinski definition) is 1. The summed E-state index contributed by atoms with van der Waals surface area (Å²) in [5, 5.41) is 3.30. The maximum absolute atomic E-state index is 11.7. The molecule has 0 aliphatic carbocycles. The monoisotopic (exact) mass is 369 g/mol. The molecule has 22 heavy (non-hydrogen) atoms. The molecule has 1 unspecified atom stereocenters. The van der Waals surface area contributed by atoms with Crippen molar-refractivity contribution in [3.8, 4) is 0 Å². The Morgan fingerprint density at radius 2 is 2.00 bits per heavy atom. The molecule has 0 saturated heterocycles. The molecule has 3 nitrogen and oxygen atoms in total. The van der Waals surface area contributed by atoms with E-state index in [1.165, 1.54) is 51.2 Å². The lowest BCUT2D eigenvalue weighted by Gasteiger charge is -2.18. The van der Waals surface area contributed by atoms with Crippen LogP contribution in [-0.4, -0.2) is 18.5 Å². The van der Waals surface area contributed by atoms with Gasteiger partial charge in [-0.05, 0) is 30.0 Å². The topological polar surface area (TPSA) is 38.3 Å². The summed E-state index contributed by atoms with van der Waals surface area (Å²) >= 11 is 3.40. The summed E-state index contributed by atoms with van der Waals surface area (Å²) in [7, 11) is 1.41. The van der Waals surface area contributed by atoms with Crippen molar-refractivity contribution in [1.29, 1.82) is 0 Å². The molecule has 0 bridgehead atoms. The minimum absolute atomic E-state index is 0.295. The third-order valence-electron chi connectivity index (χ3n) is 4.00. The van der Waals surface area contributed by atoms with Gasteiger partial charge in [0.05, 0.1) is 18.1 Å². The highest BCUT2D eigenvalue weighted by molar-refractivity contribution is 9.09. The third kappa shape index (κ3) is 5.99. The average molecular weight is 370 g/mol. The van der Waals surface area contributed by atoms with Gasteiger partial charge in [0.15, 0.2) is 0 Å². The molecule has 1 N–H and O–H groups in total. The lowest BCUT2D eigenvalue weighted by Crippen LogP contribution is -2.07. The Kier molecular flexibility index (Phi) is 9.21. The van der Waals surface area contributed by atoms with Crippen molar-refractivity contribution in [2.75, 3.05) is 17.9 Å². The molecule has 0 amide bonds. The highest BCUT2D eigenvalue weighted by Crippen LogP contribution is 2.30. The fraction of sp³-hybridized carbons (Fsp3) is 0.611. The predicted molar refractivity (Wildman–Crippen MR) is 97.0 cm³/mol. The highest BCUT2D eigenvalue weighted by Gasteiger charge is 2.14. The Hall–Kier alpha value is -1.03. The number of rotatable bonds is 10. The van der Waals surface area contributed by atoms with Crippen molar-refractivity contribution in [3.05, 3.63) is 29.3 Å². The second kappa shape index (κ2) is 10.7. The maximum atomic E-state index is 11.7. The lowest BCUT2D eigenvalue weighted by molar-refractivity contribution is 0.0601. The fourth-order valence-electron chi connectivity index (χ4n) is 2.67. The van der Waals surface area contributed by atoms with Gasteiger partial charge in [-0.25, -0.2) is 4.79 Å². The smallest absolute Gasteiger partial charge is 0.337 e. The molecular formula is C18H28BrNO2. The molecule has 0 aliphatic heterocycles. The summed E-state index contributed by atoms with van der Waals surface area (Å²) in [6, 6.07) is 5.79. The molecular weight excluding hydrogens is 342 g/mol. The van der Waals surface area contributed by atoms with Crippen LogP contribution in [-0.2, 0) is 4.74 Å². The van der Waals surface area contributed by atoms with E-state index in [1.807, 2.05) is 18.2 Å². The Labute approximate surface area is 143 Å². The van der Waals surface area contributed by atoms with Gasteiger partial charge in [-0.3, -0.25) is 0 Å². The van der Waals surface area contributed by atoms with Gasteiger partial charge in [0.1, 0.15) is 0 Å². The van der Waals surface area contributed by atoms with Crippen LogP contribution in [0.25, 0.3) is 0 Å². The van der Waals surface area contributed by atoms with E-state index < -0.39 is 0 Å².